The van der Waals surface area contributed by atoms with Crippen LogP contribution in [-0.2, 0) is 9.59 Å². The van der Waals surface area contributed by atoms with Gasteiger partial charge in [0.25, 0.3) is 0 Å². The first kappa shape index (κ1) is 43.6. The molecule has 314 valence electrons. The van der Waals surface area contributed by atoms with E-state index in [1.807, 2.05) is 103 Å². The second kappa shape index (κ2) is 16.4. The molecule has 0 saturated carbocycles. The van der Waals surface area contributed by atoms with Gasteiger partial charge in [-0.2, -0.15) is 0 Å². The summed E-state index contributed by atoms with van der Waals surface area (Å²) in [4.78, 5) is 33.7. The summed E-state index contributed by atoms with van der Waals surface area (Å²) in [5.41, 5.74) is 5.90. The summed E-state index contributed by atoms with van der Waals surface area (Å²) in [6.07, 6.45) is 7.80. The second-order valence-electron chi connectivity index (χ2n) is 20.3. The molecule has 0 bridgehead atoms. The molecular formula is C55H57N5O2. The summed E-state index contributed by atoms with van der Waals surface area (Å²) >= 11 is 0. The maximum absolute atomic E-state index is 14.2. The fraction of sp³-hybridized carbons (Fsp3) is 0.291. The average molecular weight is 820 g/mol. The number of Topliss-reactive ketones (excluding diaryl/α,β-unsaturated/α-hetero) is 2. The molecule has 0 amide bonds. The van der Waals surface area contributed by atoms with E-state index in [-0.39, 0.29) is 11.6 Å². The van der Waals surface area contributed by atoms with Crippen LogP contribution in [0.5, 0.6) is 0 Å². The summed E-state index contributed by atoms with van der Waals surface area (Å²) in [6, 6.07) is 33.9. The molecular weight excluding hydrogens is 763 g/mol. The molecule has 4 aromatic carbocycles. The van der Waals surface area contributed by atoms with Gasteiger partial charge in [0.2, 0.25) is 0 Å². The van der Waals surface area contributed by atoms with Gasteiger partial charge in [-0.1, -0.05) is 162 Å². The predicted octanol–water partition coefficient (Wildman–Crippen LogP) is 15.4. The lowest BCUT2D eigenvalue weighted by Gasteiger charge is -2.31. The number of pyridine rings is 1. The Labute approximate surface area is 366 Å². The third-order valence-electron chi connectivity index (χ3n) is 11.2. The SMILES string of the molecule is CC(C)(C)C1=CC(=C(N=Nc2cccc3ccccc23)c2cccc(C(N=Nc3cccc4ccccc34)=C3C=C(C(C)(C)C)C(=O)C(C(C)(C)C)=C3)n2)C=C(C(C)(C)C)C1=O. The van der Waals surface area contributed by atoms with Crippen LogP contribution in [0.2, 0.25) is 0 Å². The summed E-state index contributed by atoms with van der Waals surface area (Å²) < 4.78 is 0. The molecule has 0 atom stereocenters. The highest BCUT2D eigenvalue weighted by Crippen LogP contribution is 2.43. The largest absolute Gasteiger partial charge is 0.289 e. The molecule has 7 rings (SSSR count). The Morgan fingerprint density at radius 3 is 1.05 bits per heavy atom. The molecule has 2 aliphatic rings. The molecule has 0 saturated heterocycles. The molecule has 1 heterocycles. The van der Waals surface area contributed by atoms with Crippen molar-refractivity contribution in [3.8, 4) is 0 Å². The van der Waals surface area contributed by atoms with E-state index < -0.39 is 21.7 Å². The smallest absolute Gasteiger partial charge is 0.186 e. The number of benzene rings is 4. The monoisotopic (exact) mass is 819 g/mol. The van der Waals surface area contributed by atoms with Crippen LogP contribution in [0.1, 0.15) is 94.5 Å². The van der Waals surface area contributed by atoms with Crippen LogP contribution < -0.4 is 0 Å². The Hall–Kier alpha value is -6.47. The zero-order valence-corrected chi connectivity index (χ0v) is 38.2. The Morgan fingerprint density at radius 2 is 0.710 bits per heavy atom. The second-order valence-corrected chi connectivity index (χ2v) is 20.3. The van der Waals surface area contributed by atoms with Crippen LogP contribution in [0.4, 0.5) is 11.4 Å². The Morgan fingerprint density at radius 1 is 0.403 bits per heavy atom. The number of nitrogens with zero attached hydrogens (tertiary/aromatic N) is 5. The zero-order chi connectivity index (χ0) is 44.8. The first-order valence-electron chi connectivity index (χ1n) is 21.3. The Kier molecular flexibility index (Phi) is 11.6. The molecule has 7 nitrogen and oxygen atoms in total. The molecule has 62 heavy (non-hydrogen) atoms. The van der Waals surface area contributed by atoms with Gasteiger partial charge in [0.1, 0.15) is 11.4 Å². The van der Waals surface area contributed by atoms with E-state index in [0.717, 1.165) is 32.7 Å². The van der Waals surface area contributed by atoms with Crippen LogP contribution in [0.3, 0.4) is 0 Å². The molecule has 0 unspecified atom stereocenters. The van der Waals surface area contributed by atoms with Crippen molar-refractivity contribution in [1.29, 1.82) is 0 Å². The number of hydrogen-bond acceptors (Lipinski definition) is 7. The summed E-state index contributed by atoms with van der Waals surface area (Å²) in [5, 5.41) is 23.9. The van der Waals surface area contributed by atoms with Crippen molar-refractivity contribution in [3.63, 3.8) is 0 Å². The standard InChI is InChI=1S/C55H57N5O2/c1-52(2,3)40-30-36(31-41(50(40)61)53(4,5)6)48(59-57-44-26-17-22-34-20-13-15-24-38(34)44)46-28-19-29-47(56-46)49(60-58-45-27-18-23-35-21-14-16-25-39(35)45)37-32-42(54(7,8)9)51(62)43(33-37)55(10,11)12/h13-33H,1-12H3. The van der Waals surface area contributed by atoms with Crippen molar-refractivity contribution >= 4 is 55.9 Å². The lowest BCUT2D eigenvalue weighted by atomic mass is 9.71. The summed E-state index contributed by atoms with van der Waals surface area (Å²) in [5.74, 6) is 0.0489. The summed E-state index contributed by atoms with van der Waals surface area (Å²) in [6.45, 7) is 24.7. The zero-order valence-electron chi connectivity index (χ0n) is 38.2. The molecule has 0 aliphatic heterocycles. The minimum atomic E-state index is -0.452. The third kappa shape index (κ3) is 9.08. The van der Waals surface area contributed by atoms with Crippen molar-refractivity contribution in [1.82, 2.24) is 4.98 Å². The van der Waals surface area contributed by atoms with Crippen LogP contribution in [0.15, 0.2) is 181 Å². The molecule has 2 aliphatic carbocycles. The lowest BCUT2D eigenvalue weighted by Crippen LogP contribution is -2.28. The molecule has 5 aromatic rings. The van der Waals surface area contributed by atoms with Gasteiger partial charge in [0, 0.05) is 44.2 Å². The van der Waals surface area contributed by atoms with E-state index in [9.17, 15) is 9.59 Å². The van der Waals surface area contributed by atoms with Gasteiger partial charge < -0.3 is 0 Å². The normalized spacial score (nSPS) is 15.7. The van der Waals surface area contributed by atoms with E-state index in [2.05, 4.69) is 107 Å². The molecule has 0 fully saturated rings. The molecule has 0 N–H and O–H groups in total. The minimum absolute atomic E-state index is 0.0244. The van der Waals surface area contributed by atoms with E-state index in [4.69, 9.17) is 25.4 Å². The fourth-order valence-electron chi connectivity index (χ4n) is 7.77. The number of allylic oxidation sites excluding steroid dienone is 10. The third-order valence-corrected chi connectivity index (χ3v) is 11.2. The highest BCUT2D eigenvalue weighted by Gasteiger charge is 2.36. The molecule has 0 radical (unpaired) electrons. The quantitative estimate of drug-likeness (QED) is 0.160. The molecule has 0 spiro atoms. The number of hydrogen-bond donors (Lipinski definition) is 0. The van der Waals surface area contributed by atoms with E-state index in [0.29, 0.717) is 56.4 Å². The Balaban J connectivity index is 1.53. The topological polar surface area (TPSA) is 96.5 Å². The van der Waals surface area contributed by atoms with Crippen molar-refractivity contribution in [2.75, 3.05) is 0 Å². The Bertz CT molecular complexity index is 2620. The van der Waals surface area contributed by atoms with Crippen LogP contribution in [-0.4, -0.2) is 16.6 Å². The van der Waals surface area contributed by atoms with E-state index in [1.165, 1.54) is 0 Å². The minimum Gasteiger partial charge on any atom is -0.289 e. The number of azo groups is 2. The number of fused-ring (bicyclic) bond motifs is 2. The molecule has 1 aromatic heterocycles. The van der Waals surface area contributed by atoms with Crippen molar-refractivity contribution < 1.29 is 9.59 Å². The number of aromatic nitrogens is 1. The van der Waals surface area contributed by atoms with Gasteiger partial charge in [0.15, 0.2) is 11.6 Å². The van der Waals surface area contributed by atoms with Gasteiger partial charge in [-0.05, 0) is 81.0 Å². The maximum atomic E-state index is 14.2. The van der Waals surface area contributed by atoms with Crippen molar-refractivity contribution in [2.24, 2.45) is 42.1 Å². The lowest BCUT2D eigenvalue weighted by molar-refractivity contribution is -0.114. The van der Waals surface area contributed by atoms with Crippen LogP contribution >= 0.6 is 0 Å². The van der Waals surface area contributed by atoms with Crippen molar-refractivity contribution in [2.45, 2.75) is 83.1 Å². The van der Waals surface area contributed by atoms with Crippen LogP contribution in [0.25, 0.3) is 32.9 Å². The average Bonchev–Trinajstić information content (AvgIpc) is 3.20. The first-order chi connectivity index (χ1) is 29.1. The van der Waals surface area contributed by atoms with Gasteiger partial charge in [-0.3, -0.25) is 9.59 Å². The number of carbonyl (C=O) groups excluding carboxylic acids is 2. The predicted molar refractivity (Wildman–Crippen MR) is 255 cm³/mol. The number of ketones is 2. The van der Waals surface area contributed by atoms with Crippen molar-refractivity contribution in [3.05, 3.63) is 172 Å². The van der Waals surface area contributed by atoms with Gasteiger partial charge >= 0.3 is 0 Å². The fourth-order valence-corrected chi connectivity index (χ4v) is 7.77. The van der Waals surface area contributed by atoms with Gasteiger partial charge in [-0.25, -0.2) is 4.98 Å². The number of rotatable bonds is 6. The van der Waals surface area contributed by atoms with Crippen LogP contribution in [0, 0.1) is 21.7 Å². The van der Waals surface area contributed by atoms with E-state index in [1.54, 1.807) is 0 Å². The highest BCUT2D eigenvalue weighted by atomic mass is 16.1. The molecule has 7 heteroatoms. The number of carbonyl (C=O) groups is 2. The first-order valence-corrected chi connectivity index (χ1v) is 21.3. The maximum Gasteiger partial charge on any atom is 0.186 e. The van der Waals surface area contributed by atoms with Gasteiger partial charge in [-0.15, -0.1) is 20.5 Å². The van der Waals surface area contributed by atoms with E-state index >= 15 is 0 Å². The van der Waals surface area contributed by atoms with Gasteiger partial charge in [0.05, 0.1) is 22.8 Å². The summed E-state index contributed by atoms with van der Waals surface area (Å²) in [7, 11) is 0. The highest BCUT2D eigenvalue weighted by molar-refractivity contribution is 6.13.